The van der Waals surface area contributed by atoms with Gasteiger partial charge >= 0.3 is 0 Å². The van der Waals surface area contributed by atoms with Gasteiger partial charge in [0.1, 0.15) is 0 Å². The van der Waals surface area contributed by atoms with Crippen LogP contribution in [0, 0.1) is 23.7 Å². The van der Waals surface area contributed by atoms with Crippen molar-refractivity contribution in [1.29, 1.82) is 0 Å². The van der Waals surface area contributed by atoms with Crippen LogP contribution in [0.5, 0.6) is 0 Å². The third kappa shape index (κ3) is 3.02. The second kappa shape index (κ2) is 7.01. The molecule has 1 heterocycles. The Morgan fingerprint density at radius 3 is 2.39 bits per heavy atom. The third-order valence-electron chi connectivity index (χ3n) is 6.80. The minimum atomic E-state index is -0.332. The van der Waals surface area contributed by atoms with E-state index in [2.05, 4.69) is 11.4 Å². The van der Waals surface area contributed by atoms with Gasteiger partial charge in [-0.1, -0.05) is 23.8 Å². The highest BCUT2D eigenvalue weighted by molar-refractivity contribution is 6.23. The molecular weight excluding hydrogens is 392 g/mol. The van der Waals surface area contributed by atoms with Gasteiger partial charge in [0.05, 0.1) is 17.5 Å². The highest BCUT2D eigenvalue weighted by atomic mass is 16.2. The zero-order valence-corrected chi connectivity index (χ0v) is 17.3. The number of hydrogen-bond donors (Lipinski definition) is 1. The Kier molecular flexibility index (Phi) is 4.39. The molecule has 2 aromatic carbocycles. The topological polar surface area (TPSA) is 83.6 Å². The van der Waals surface area contributed by atoms with E-state index < -0.39 is 0 Å². The first kappa shape index (κ1) is 19.4. The Morgan fingerprint density at radius 2 is 1.68 bits per heavy atom. The van der Waals surface area contributed by atoms with Gasteiger partial charge < -0.3 is 5.32 Å². The number of rotatable bonds is 4. The van der Waals surface area contributed by atoms with Crippen LogP contribution in [0.2, 0.25) is 0 Å². The fourth-order valence-electron chi connectivity index (χ4n) is 5.31. The smallest absolute Gasteiger partial charge is 0.255 e. The van der Waals surface area contributed by atoms with E-state index in [-0.39, 0.29) is 47.2 Å². The fourth-order valence-corrected chi connectivity index (χ4v) is 5.31. The van der Waals surface area contributed by atoms with Gasteiger partial charge in [-0.2, -0.15) is 0 Å². The molecule has 6 nitrogen and oxygen atoms in total. The van der Waals surface area contributed by atoms with Crippen LogP contribution in [0.3, 0.4) is 0 Å². The number of ketones is 1. The molecule has 1 saturated heterocycles. The van der Waals surface area contributed by atoms with Crippen LogP contribution < -0.4 is 10.2 Å². The van der Waals surface area contributed by atoms with Crippen LogP contribution in [0.25, 0.3) is 0 Å². The predicted molar refractivity (Wildman–Crippen MR) is 116 cm³/mol. The summed E-state index contributed by atoms with van der Waals surface area (Å²) >= 11 is 0. The van der Waals surface area contributed by atoms with Crippen molar-refractivity contribution in [2.75, 3.05) is 10.2 Å². The number of nitrogens with one attached hydrogen (secondary N) is 1. The highest BCUT2D eigenvalue weighted by Gasteiger charge is 2.60. The van der Waals surface area contributed by atoms with Crippen molar-refractivity contribution in [2.24, 2.45) is 23.7 Å². The number of Topliss-reactive ketones (excluding diaryl/α,β-unsaturated/α-hetero) is 1. The third-order valence-corrected chi connectivity index (χ3v) is 6.80. The number of allylic oxidation sites excluding steroid dienone is 2. The summed E-state index contributed by atoms with van der Waals surface area (Å²) in [5.41, 5.74) is 3.15. The van der Waals surface area contributed by atoms with Crippen molar-refractivity contribution in [1.82, 2.24) is 0 Å². The Balaban J connectivity index is 1.33. The van der Waals surface area contributed by atoms with Crippen molar-refractivity contribution in [3.8, 4) is 0 Å². The fraction of sp³-hybridized carbons (Fsp3) is 0.280. The van der Waals surface area contributed by atoms with Crippen LogP contribution in [-0.4, -0.2) is 23.5 Å². The van der Waals surface area contributed by atoms with Gasteiger partial charge in [0.25, 0.3) is 5.91 Å². The summed E-state index contributed by atoms with van der Waals surface area (Å²) in [5.74, 6) is -0.848. The zero-order chi connectivity index (χ0) is 21.9. The Labute approximate surface area is 179 Å². The molecule has 1 aliphatic heterocycles. The second-order valence-corrected chi connectivity index (χ2v) is 8.62. The van der Waals surface area contributed by atoms with E-state index in [1.54, 1.807) is 48.5 Å². The van der Waals surface area contributed by atoms with Gasteiger partial charge in [-0.05, 0) is 68.5 Å². The number of fused-ring (bicyclic) bond motifs is 5. The van der Waals surface area contributed by atoms with E-state index in [0.717, 1.165) is 6.42 Å². The zero-order valence-electron chi connectivity index (χ0n) is 17.3. The van der Waals surface area contributed by atoms with Gasteiger partial charge in [-0.3, -0.25) is 24.1 Å². The molecule has 1 saturated carbocycles. The molecule has 0 unspecified atom stereocenters. The molecule has 31 heavy (non-hydrogen) atoms. The number of nitrogens with zero attached hydrogens (tertiary/aromatic N) is 1. The van der Waals surface area contributed by atoms with Crippen molar-refractivity contribution in [3.05, 3.63) is 71.3 Å². The molecule has 4 atom stereocenters. The largest absolute Gasteiger partial charge is 0.322 e. The number of carbonyl (C=O) groups excluding carboxylic acids is 4. The first-order chi connectivity index (χ1) is 14.8. The lowest BCUT2D eigenvalue weighted by Crippen LogP contribution is -2.33. The van der Waals surface area contributed by atoms with Crippen LogP contribution in [-0.2, 0) is 9.59 Å². The summed E-state index contributed by atoms with van der Waals surface area (Å²) in [7, 11) is 0. The molecule has 156 valence electrons. The van der Waals surface area contributed by atoms with Crippen LogP contribution in [0.15, 0.2) is 60.2 Å². The maximum atomic E-state index is 13.1. The molecular formula is C25H22N2O4. The minimum absolute atomic E-state index is 0.0796. The molecule has 6 heteroatoms. The summed E-state index contributed by atoms with van der Waals surface area (Å²) < 4.78 is 0. The van der Waals surface area contributed by atoms with Crippen molar-refractivity contribution >= 4 is 34.9 Å². The van der Waals surface area contributed by atoms with Gasteiger partial charge in [0.15, 0.2) is 5.78 Å². The first-order valence-corrected chi connectivity index (χ1v) is 10.4. The highest BCUT2D eigenvalue weighted by Crippen LogP contribution is 2.55. The minimum Gasteiger partial charge on any atom is -0.322 e. The van der Waals surface area contributed by atoms with E-state index in [1.165, 1.54) is 17.4 Å². The average molecular weight is 414 g/mol. The molecule has 3 amide bonds. The standard InChI is InChI=1S/C25H22N2O4/c1-13-10-17-12-20(13)22-21(17)24(30)27(25(22)31)19-8-6-15(7-9-19)23(29)26-18-5-3-4-16(11-18)14(2)28/h3-11,17,20-22H,12H2,1-2H3,(H,26,29)/t17-,20+,21-,22-/m1/s1. The molecule has 2 bridgehead atoms. The Morgan fingerprint density at radius 1 is 0.968 bits per heavy atom. The summed E-state index contributed by atoms with van der Waals surface area (Å²) in [4.78, 5) is 51.5. The first-order valence-electron chi connectivity index (χ1n) is 10.4. The molecule has 1 N–H and O–H groups in total. The number of carbonyl (C=O) groups is 4. The molecule has 2 aromatic rings. The average Bonchev–Trinajstić information content (AvgIpc) is 3.38. The molecule has 2 fully saturated rings. The predicted octanol–water partition coefficient (Wildman–Crippen LogP) is 3.84. The van der Waals surface area contributed by atoms with Crippen molar-refractivity contribution in [3.63, 3.8) is 0 Å². The molecule has 3 aliphatic rings. The molecule has 2 aliphatic carbocycles. The Hall–Kier alpha value is -3.54. The molecule has 5 rings (SSSR count). The van der Waals surface area contributed by atoms with Gasteiger partial charge in [-0.15, -0.1) is 0 Å². The lowest BCUT2D eigenvalue weighted by atomic mass is 9.82. The molecule has 0 spiro atoms. The quantitative estimate of drug-likeness (QED) is 0.468. The number of imide groups is 1. The van der Waals surface area contributed by atoms with E-state index in [1.807, 2.05) is 6.92 Å². The van der Waals surface area contributed by atoms with Crippen molar-refractivity contribution < 1.29 is 19.2 Å². The number of benzene rings is 2. The lowest BCUT2D eigenvalue weighted by Gasteiger charge is -2.19. The summed E-state index contributed by atoms with van der Waals surface area (Å²) in [6.07, 6.45) is 3.05. The Bertz CT molecular complexity index is 1160. The monoisotopic (exact) mass is 414 g/mol. The van der Waals surface area contributed by atoms with E-state index >= 15 is 0 Å². The number of anilines is 2. The van der Waals surface area contributed by atoms with Crippen LogP contribution >= 0.6 is 0 Å². The normalized spacial score (nSPS) is 26.1. The van der Waals surface area contributed by atoms with E-state index in [9.17, 15) is 19.2 Å². The summed E-state index contributed by atoms with van der Waals surface area (Å²) in [6, 6.07) is 13.2. The number of hydrogen-bond acceptors (Lipinski definition) is 4. The lowest BCUT2D eigenvalue weighted by molar-refractivity contribution is -0.123. The number of amides is 3. The van der Waals surface area contributed by atoms with Crippen LogP contribution in [0.1, 0.15) is 41.0 Å². The van der Waals surface area contributed by atoms with Crippen LogP contribution in [0.4, 0.5) is 11.4 Å². The van der Waals surface area contributed by atoms with Gasteiger partial charge in [0.2, 0.25) is 11.8 Å². The second-order valence-electron chi connectivity index (χ2n) is 8.62. The maximum absolute atomic E-state index is 13.1. The van der Waals surface area contributed by atoms with E-state index in [4.69, 9.17) is 0 Å². The van der Waals surface area contributed by atoms with Gasteiger partial charge in [0, 0.05) is 16.8 Å². The maximum Gasteiger partial charge on any atom is 0.255 e. The molecule has 0 aromatic heterocycles. The van der Waals surface area contributed by atoms with Gasteiger partial charge in [-0.25, -0.2) is 0 Å². The summed E-state index contributed by atoms with van der Waals surface area (Å²) in [5, 5.41) is 2.77. The SMILES string of the molecule is CC(=O)c1cccc(NC(=O)c2ccc(N3C(=O)[C@H]4[C@H](C3=O)[C@H]3C[C@H]4C=C3C)cc2)c1. The molecule has 0 radical (unpaired) electrons. The van der Waals surface area contributed by atoms with Crippen molar-refractivity contribution in [2.45, 2.75) is 20.3 Å². The summed E-state index contributed by atoms with van der Waals surface area (Å²) in [6.45, 7) is 3.51. The van der Waals surface area contributed by atoms with E-state index in [0.29, 0.717) is 22.5 Å².